The van der Waals surface area contributed by atoms with E-state index in [0.717, 1.165) is 30.8 Å². The van der Waals surface area contributed by atoms with E-state index < -0.39 is 0 Å². The lowest BCUT2D eigenvalue weighted by Crippen LogP contribution is -2.45. The highest BCUT2D eigenvalue weighted by Gasteiger charge is 2.25. The Labute approximate surface area is 114 Å². The molecular weight excluding hydrogens is 238 g/mol. The zero-order valence-electron chi connectivity index (χ0n) is 12.1. The van der Waals surface area contributed by atoms with Gasteiger partial charge in [0.25, 0.3) is 0 Å². The zero-order chi connectivity index (χ0) is 14.0. The Kier molecular flexibility index (Phi) is 4.01. The summed E-state index contributed by atoms with van der Waals surface area (Å²) in [6, 6.07) is 2.68. The topological polar surface area (TPSA) is 56.1 Å². The highest BCUT2D eigenvalue weighted by molar-refractivity contribution is 5.57. The molecule has 0 saturated carbocycles. The van der Waals surface area contributed by atoms with E-state index in [9.17, 15) is 5.26 Å². The number of nitriles is 1. The lowest BCUT2D eigenvalue weighted by Gasteiger charge is -2.36. The zero-order valence-corrected chi connectivity index (χ0v) is 12.1. The Balaban J connectivity index is 2.31. The van der Waals surface area contributed by atoms with Crippen molar-refractivity contribution in [3.05, 3.63) is 16.8 Å². The molecule has 1 atom stereocenters. The molecule has 102 valence electrons. The maximum Gasteiger partial charge on any atom is 0.169 e. The lowest BCUT2D eigenvalue weighted by atomic mass is 10.0. The van der Waals surface area contributed by atoms with Crippen LogP contribution in [0.15, 0.2) is 0 Å². The summed E-state index contributed by atoms with van der Waals surface area (Å²) in [7, 11) is 4.15. The number of rotatable bonds is 2. The van der Waals surface area contributed by atoms with E-state index in [1.54, 1.807) is 0 Å². The predicted molar refractivity (Wildman–Crippen MR) is 75.1 cm³/mol. The largest absolute Gasteiger partial charge is 0.353 e. The number of aromatic nitrogens is 2. The number of likely N-dealkylation sites (N-methyl/N-ethyl adjacent to an activating group) is 2. The van der Waals surface area contributed by atoms with Crippen LogP contribution < -0.4 is 4.90 Å². The second-order valence-corrected chi connectivity index (χ2v) is 5.39. The van der Waals surface area contributed by atoms with Crippen LogP contribution in [0.2, 0.25) is 0 Å². The van der Waals surface area contributed by atoms with Crippen molar-refractivity contribution < 1.29 is 0 Å². The second-order valence-electron chi connectivity index (χ2n) is 5.39. The van der Waals surface area contributed by atoms with Gasteiger partial charge in [0.15, 0.2) is 5.82 Å². The third-order valence-corrected chi connectivity index (χ3v) is 4.03. The van der Waals surface area contributed by atoms with Crippen molar-refractivity contribution in [2.24, 2.45) is 0 Å². The molecule has 0 radical (unpaired) electrons. The molecule has 19 heavy (non-hydrogen) atoms. The fourth-order valence-corrected chi connectivity index (χ4v) is 2.60. The highest BCUT2D eigenvalue weighted by Crippen LogP contribution is 2.24. The van der Waals surface area contributed by atoms with Gasteiger partial charge < -0.3 is 9.80 Å². The first-order valence-corrected chi connectivity index (χ1v) is 6.70. The number of nitrogens with zero attached hydrogens (tertiary/aromatic N) is 5. The second kappa shape index (κ2) is 5.54. The van der Waals surface area contributed by atoms with Crippen LogP contribution >= 0.6 is 0 Å². The highest BCUT2D eigenvalue weighted by atomic mass is 15.3. The predicted octanol–water partition coefficient (Wildman–Crippen LogP) is 1.50. The van der Waals surface area contributed by atoms with Crippen molar-refractivity contribution in [2.75, 3.05) is 32.1 Å². The molecule has 1 aromatic rings. The van der Waals surface area contributed by atoms with Crippen molar-refractivity contribution in [2.45, 2.75) is 32.7 Å². The third kappa shape index (κ3) is 2.69. The molecule has 2 heterocycles. The maximum absolute atomic E-state index is 9.37. The Morgan fingerprint density at radius 2 is 2.11 bits per heavy atom. The molecule has 1 saturated heterocycles. The van der Waals surface area contributed by atoms with Gasteiger partial charge in [-0.15, -0.1) is 5.10 Å². The van der Waals surface area contributed by atoms with Crippen molar-refractivity contribution >= 4 is 5.82 Å². The van der Waals surface area contributed by atoms with E-state index in [2.05, 4.69) is 33.1 Å². The van der Waals surface area contributed by atoms with E-state index in [1.165, 1.54) is 6.42 Å². The molecule has 5 heteroatoms. The number of anilines is 1. The molecule has 2 rings (SSSR count). The van der Waals surface area contributed by atoms with Gasteiger partial charge in [-0.3, -0.25) is 0 Å². The van der Waals surface area contributed by atoms with Gasteiger partial charge in [-0.2, -0.15) is 10.4 Å². The molecule has 0 N–H and O–H groups in total. The Bertz CT molecular complexity index is 505. The molecule has 1 unspecified atom stereocenters. The summed E-state index contributed by atoms with van der Waals surface area (Å²) in [5.74, 6) is 0.714. The summed E-state index contributed by atoms with van der Waals surface area (Å²) in [5.41, 5.74) is 2.42. The van der Waals surface area contributed by atoms with Crippen molar-refractivity contribution in [3.63, 3.8) is 0 Å². The quantitative estimate of drug-likeness (QED) is 0.805. The molecule has 1 aliphatic heterocycles. The average Bonchev–Trinajstić information content (AvgIpc) is 2.41. The van der Waals surface area contributed by atoms with E-state index in [1.807, 2.05) is 20.9 Å². The van der Waals surface area contributed by atoms with Gasteiger partial charge in [-0.05, 0) is 45.8 Å². The summed E-state index contributed by atoms with van der Waals surface area (Å²) in [4.78, 5) is 4.44. The first-order valence-electron chi connectivity index (χ1n) is 6.70. The fourth-order valence-electron chi connectivity index (χ4n) is 2.60. The van der Waals surface area contributed by atoms with Crippen LogP contribution in [0.3, 0.4) is 0 Å². The molecule has 0 aromatic carbocycles. The molecule has 0 aliphatic carbocycles. The van der Waals surface area contributed by atoms with Crippen LogP contribution in [0.1, 0.15) is 29.7 Å². The molecular formula is C14H21N5. The van der Waals surface area contributed by atoms with Gasteiger partial charge in [-0.25, -0.2) is 0 Å². The van der Waals surface area contributed by atoms with Crippen molar-refractivity contribution in [3.8, 4) is 6.07 Å². The molecule has 1 aliphatic rings. The minimum atomic E-state index is 0.405. The van der Waals surface area contributed by atoms with Crippen LogP contribution in [0, 0.1) is 25.2 Å². The first-order chi connectivity index (χ1) is 9.04. The van der Waals surface area contributed by atoms with Gasteiger partial charge in [0, 0.05) is 19.6 Å². The number of aryl methyl sites for hydroxylation is 1. The van der Waals surface area contributed by atoms with Crippen LogP contribution in [0.25, 0.3) is 0 Å². The minimum Gasteiger partial charge on any atom is -0.353 e. The van der Waals surface area contributed by atoms with Crippen molar-refractivity contribution in [1.82, 2.24) is 15.1 Å². The number of hydrogen-bond donors (Lipinski definition) is 0. The van der Waals surface area contributed by atoms with E-state index in [-0.39, 0.29) is 0 Å². The van der Waals surface area contributed by atoms with Crippen molar-refractivity contribution in [1.29, 1.82) is 5.26 Å². The van der Waals surface area contributed by atoms with Gasteiger partial charge in [0.1, 0.15) is 11.6 Å². The van der Waals surface area contributed by atoms with E-state index in [4.69, 9.17) is 0 Å². The molecule has 5 nitrogen and oxygen atoms in total. The summed E-state index contributed by atoms with van der Waals surface area (Å²) >= 11 is 0. The van der Waals surface area contributed by atoms with Crippen LogP contribution in [0.5, 0.6) is 0 Å². The standard InChI is InChI=1S/C14H21N5/c1-10-11(2)16-17-14(13(10)8-15)19(4)12-6-5-7-18(3)9-12/h12H,5-7,9H2,1-4H3. The van der Waals surface area contributed by atoms with E-state index in [0.29, 0.717) is 17.4 Å². The fraction of sp³-hybridized carbons (Fsp3) is 0.643. The third-order valence-electron chi connectivity index (χ3n) is 4.03. The monoisotopic (exact) mass is 259 g/mol. The molecule has 1 fully saturated rings. The number of hydrogen-bond acceptors (Lipinski definition) is 5. The number of piperidine rings is 1. The molecule has 1 aromatic heterocycles. The normalized spacial score (nSPS) is 20.1. The Morgan fingerprint density at radius 1 is 1.37 bits per heavy atom. The molecule has 0 amide bonds. The van der Waals surface area contributed by atoms with Gasteiger partial charge >= 0.3 is 0 Å². The SMILES string of the molecule is Cc1nnc(N(C)C2CCCN(C)C2)c(C#N)c1C. The summed E-state index contributed by atoms with van der Waals surface area (Å²) in [6.07, 6.45) is 2.33. The molecule has 0 bridgehead atoms. The van der Waals surface area contributed by atoms with E-state index >= 15 is 0 Å². The lowest BCUT2D eigenvalue weighted by molar-refractivity contribution is 0.247. The van der Waals surface area contributed by atoms with Crippen LogP contribution in [-0.2, 0) is 0 Å². The van der Waals surface area contributed by atoms with Gasteiger partial charge in [-0.1, -0.05) is 0 Å². The minimum absolute atomic E-state index is 0.405. The maximum atomic E-state index is 9.37. The Hall–Kier alpha value is -1.67. The number of likely N-dealkylation sites (tertiary alicyclic amines) is 1. The van der Waals surface area contributed by atoms with Crippen LogP contribution in [0.4, 0.5) is 5.82 Å². The summed E-state index contributed by atoms with van der Waals surface area (Å²) in [5, 5.41) is 17.8. The molecule has 0 spiro atoms. The Morgan fingerprint density at radius 3 is 2.74 bits per heavy atom. The first kappa shape index (κ1) is 13.8. The van der Waals surface area contributed by atoms with Gasteiger partial charge in [0.2, 0.25) is 0 Å². The van der Waals surface area contributed by atoms with Gasteiger partial charge in [0.05, 0.1) is 5.69 Å². The summed E-state index contributed by atoms with van der Waals surface area (Å²) in [6.45, 7) is 5.98. The van der Waals surface area contributed by atoms with Crippen LogP contribution in [-0.4, -0.2) is 48.3 Å². The average molecular weight is 259 g/mol. The summed E-state index contributed by atoms with van der Waals surface area (Å²) < 4.78 is 0. The smallest absolute Gasteiger partial charge is 0.169 e.